The van der Waals surface area contributed by atoms with Gasteiger partial charge in [0.25, 0.3) is 5.56 Å². The first-order chi connectivity index (χ1) is 10.7. The van der Waals surface area contributed by atoms with Crippen LogP contribution in [0.3, 0.4) is 0 Å². The number of nitrogens with one attached hydrogen (secondary N) is 2. The van der Waals surface area contributed by atoms with E-state index in [0.717, 1.165) is 36.3 Å². The summed E-state index contributed by atoms with van der Waals surface area (Å²) in [5, 5.41) is 12.0. The number of hydrogen-bond acceptors (Lipinski definition) is 6. The Morgan fingerprint density at radius 1 is 1.32 bits per heavy atom. The number of aryl methyl sites for hydroxylation is 2. The van der Waals surface area contributed by atoms with Gasteiger partial charge in [0.2, 0.25) is 5.95 Å². The van der Waals surface area contributed by atoms with Crippen LogP contribution in [0.25, 0.3) is 0 Å². The molecule has 7 nitrogen and oxygen atoms in total. The molecule has 22 heavy (non-hydrogen) atoms. The van der Waals surface area contributed by atoms with E-state index in [1.807, 2.05) is 18.2 Å². The molecule has 0 radical (unpaired) electrons. The molecule has 1 aromatic heterocycles. The van der Waals surface area contributed by atoms with Gasteiger partial charge in [0.1, 0.15) is 11.4 Å². The molecule has 114 valence electrons. The molecule has 0 fully saturated rings. The average molecular weight is 299 g/mol. The lowest BCUT2D eigenvalue weighted by Crippen LogP contribution is -2.17. The first-order valence-electron chi connectivity index (χ1n) is 7.11. The van der Waals surface area contributed by atoms with E-state index in [-0.39, 0.29) is 11.5 Å². The fourth-order valence-electron chi connectivity index (χ4n) is 2.45. The third-order valence-corrected chi connectivity index (χ3v) is 3.64. The van der Waals surface area contributed by atoms with Crippen LogP contribution in [0, 0.1) is 6.92 Å². The normalized spacial score (nSPS) is 15.5. The summed E-state index contributed by atoms with van der Waals surface area (Å²) in [4.78, 5) is 14.1. The molecule has 2 N–H and O–H groups in total. The summed E-state index contributed by atoms with van der Waals surface area (Å²) < 4.78 is 5.26. The van der Waals surface area contributed by atoms with E-state index in [4.69, 9.17) is 4.74 Å². The van der Waals surface area contributed by atoms with Gasteiger partial charge in [-0.1, -0.05) is 0 Å². The molecule has 0 unspecified atom stereocenters. The zero-order chi connectivity index (χ0) is 15.5. The largest absolute Gasteiger partial charge is 0.497 e. The van der Waals surface area contributed by atoms with Crippen molar-refractivity contribution in [2.45, 2.75) is 26.2 Å². The van der Waals surface area contributed by atoms with Gasteiger partial charge in [-0.2, -0.15) is 5.10 Å². The molecule has 1 aromatic carbocycles. The fourth-order valence-corrected chi connectivity index (χ4v) is 2.45. The van der Waals surface area contributed by atoms with Crippen molar-refractivity contribution in [3.8, 4) is 5.75 Å². The number of methoxy groups -OCH3 is 1. The minimum absolute atomic E-state index is 0.240. The number of nitrogens with zero attached hydrogens (tertiary/aromatic N) is 3. The Morgan fingerprint density at radius 2 is 2.18 bits per heavy atom. The molecule has 0 atom stereocenters. The molecule has 0 saturated heterocycles. The summed E-state index contributed by atoms with van der Waals surface area (Å²) in [6.07, 6.45) is 2.90. The molecule has 0 saturated carbocycles. The van der Waals surface area contributed by atoms with Crippen molar-refractivity contribution in [3.05, 3.63) is 45.4 Å². The van der Waals surface area contributed by atoms with E-state index in [1.54, 1.807) is 14.0 Å². The van der Waals surface area contributed by atoms with Crippen LogP contribution >= 0.6 is 0 Å². The molecule has 3 rings (SSSR count). The Kier molecular flexibility index (Phi) is 3.86. The summed E-state index contributed by atoms with van der Waals surface area (Å²) in [5.41, 5.74) is 6.09. The maximum Gasteiger partial charge on any atom is 0.274 e. The first kappa shape index (κ1) is 14.2. The fraction of sp³-hybridized carbons (Fsp3) is 0.333. The minimum Gasteiger partial charge on any atom is -0.497 e. The first-order valence-corrected chi connectivity index (χ1v) is 7.11. The number of benzene rings is 1. The van der Waals surface area contributed by atoms with Crippen LogP contribution in [-0.4, -0.2) is 28.0 Å². The second-order valence-electron chi connectivity index (χ2n) is 5.14. The average Bonchev–Trinajstić information content (AvgIpc) is 2.55. The molecule has 0 aliphatic heterocycles. The topological polar surface area (TPSA) is 92.3 Å². The molecule has 2 aromatic rings. The molecular formula is C15H17N5O2. The van der Waals surface area contributed by atoms with Crippen LogP contribution in [0.5, 0.6) is 5.75 Å². The Labute approximate surface area is 127 Å². The standard InChI is InChI=1S/C15H17N5O2/c1-9-14(21)16-15(19-17-9)20-18-13-5-3-4-10-8-11(22-2)6-7-12(10)13/h6-8H,3-5H2,1-2H3,(H2,16,19,20,21). The second-order valence-corrected chi connectivity index (χ2v) is 5.14. The highest BCUT2D eigenvalue weighted by Crippen LogP contribution is 2.25. The van der Waals surface area contributed by atoms with Crippen molar-refractivity contribution in [2.24, 2.45) is 5.10 Å². The lowest BCUT2D eigenvalue weighted by Gasteiger charge is -2.18. The van der Waals surface area contributed by atoms with Gasteiger partial charge in [-0.05, 0) is 49.9 Å². The number of H-pyrrole nitrogens is 1. The summed E-state index contributed by atoms with van der Waals surface area (Å²) in [7, 11) is 1.66. The number of rotatable bonds is 3. The molecule has 0 amide bonds. The Bertz CT molecular complexity index is 782. The van der Waals surface area contributed by atoms with E-state index in [0.29, 0.717) is 5.69 Å². The predicted octanol–water partition coefficient (Wildman–Crippen LogP) is 1.63. The number of hydrogen-bond donors (Lipinski definition) is 2. The SMILES string of the molecule is COc1ccc2c(c1)CCCC2=NNc1nnc(C)c(=O)[nH]1. The van der Waals surface area contributed by atoms with Crippen LogP contribution in [-0.2, 0) is 6.42 Å². The van der Waals surface area contributed by atoms with Crippen LogP contribution in [0.1, 0.15) is 29.7 Å². The predicted molar refractivity (Wildman–Crippen MR) is 83.5 cm³/mol. The Hall–Kier alpha value is -2.70. The molecule has 7 heteroatoms. The zero-order valence-electron chi connectivity index (χ0n) is 12.5. The zero-order valence-corrected chi connectivity index (χ0v) is 12.5. The van der Waals surface area contributed by atoms with Gasteiger partial charge in [-0.25, -0.2) is 5.43 Å². The van der Waals surface area contributed by atoms with Crippen molar-refractivity contribution in [2.75, 3.05) is 12.5 Å². The van der Waals surface area contributed by atoms with E-state index in [2.05, 4.69) is 25.7 Å². The third kappa shape index (κ3) is 2.83. The van der Waals surface area contributed by atoms with Crippen LogP contribution in [0.2, 0.25) is 0 Å². The highest BCUT2D eigenvalue weighted by Gasteiger charge is 2.16. The molecule has 1 aliphatic carbocycles. The number of fused-ring (bicyclic) bond motifs is 1. The summed E-state index contributed by atoms with van der Waals surface area (Å²) in [6, 6.07) is 5.97. The summed E-state index contributed by atoms with van der Waals surface area (Å²) in [5.74, 6) is 1.09. The molecule has 0 bridgehead atoms. The van der Waals surface area contributed by atoms with E-state index < -0.39 is 0 Å². The number of aromatic amines is 1. The van der Waals surface area contributed by atoms with E-state index >= 15 is 0 Å². The van der Waals surface area contributed by atoms with Crippen LogP contribution in [0.15, 0.2) is 28.1 Å². The Morgan fingerprint density at radius 3 is 2.95 bits per heavy atom. The highest BCUT2D eigenvalue weighted by atomic mass is 16.5. The highest BCUT2D eigenvalue weighted by molar-refractivity contribution is 6.03. The van der Waals surface area contributed by atoms with Crippen LogP contribution in [0.4, 0.5) is 5.95 Å². The molecule has 1 heterocycles. The lowest BCUT2D eigenvalue weighted by atomic mass is 9.90. The van der Waals surface area contributed by atoms with Crippen molar-refractivity contribution >= 4 is 11.7 Å². The van der Waals surface area contributed by atoms with Crippen molar-refractivity contribution in [1.82, 2.24) is 15.2 Å². The van der Waals surface area contributed by atoms with Gasteiger partial charge in [0, 0.05) is 5.56 Å². The van der Waals surface area contributed by atoms with Crippen molar-refractivity contribution in [1.29, 1.82) is 0 Å². The number of hydrazone groups is 1. The van der Waals surface area contributed by atoms with Gasteiger partial charge < -0.3 is 4.74 Å². The minimum atomic E-state index is -0.272. The van der Waals surface area contributed by atoms with Crippen molar-refractivity contribution < 1.29 is 4.74 Å². The summed E-state index contributed by atoms with van der Waals surface area (Å²) in [6.45, 7) is 1.60. The third-order valence-electron chi connectivity index (χ3n) is 3.64. The van der Waals surface area contributed by atoms with Crippen LogP contribution < -0.4 is 15.7 Å². The monoisotopic (exact) mass is 299 g/mol. The van der Waals surface area contributed by atoms with Gasteiger partial charge >= 0.3 is 0 Å². The Balaban J connectivity index is 1.87. The summed E-state index contributed by atoms with van der Waals surface area (Å²) >= 11 is 0. The van der Waals surface area contributed by atoms with Gasteiger partial charge in [0.05, 0.1) is 12.8 Å². The van der Waals surface area contributed by atoms with E-state index in [9.17, 15) is 4.79 Å². The number of anilines is 1. The van der Waals surface area contributed by atoms with Crippen molar-refractivity contribution in [3.63, 3.8) is 0 Å². The lowest BCUT2D eigenvalue weighted by molar-refractivity contribution is 0.414. The molecule has 0 spiro atoms. The van der Waals surface area contributed by atoms with Gasteiger partial charge in [-0.3, -0.25) is 9.78 Å². The smallest absolute Gasteiger partial charge is 0.274 e. The van der Waals surface area contributed by atoms with Gasteiger partial charge in [-0.15, -0.1) is 10.2 Å². The second kappa shape index (κ2) is 5.97. The maximum absolute atomic E-state index is 11.5. The molecule has 1 aliphatic rings. The maximum atomic E-state index is 11.5. The number of ether oxygens (including phenoxy) is 1. The molecular weight excluding hydrogens is 282 g/mol. The van der Waals surface area contributed by atoms with Gasteiger partial charge in [0.15, 0.2) is 0 Å². The quantitative estimate of drug-likeness (QED) is 0.840. The number of aromatic nitrogens is 3. The van der Waals surface area contributed by atoms with E-state index in [1.165, 1.54) is 5.56 Å².